The van der Waals surface area contributed by atoms with Crippen molar-refractivity contribution in [3.63, 3.8) is 0 Å². The van der Waals surface area contributed by atoms with Crippen LogP contribution >= 0.6 is 0 Å². The van der Waals surface area contributed by atoms with Gasteiger partial charge in [-0.2, -0.15) is 0 Å². The van der Waals surface area contributed by atoms with Gasteiger partial charge in [0.05, 0.1) is 12.8 Å². The van der Waals surface area contributed by atoms with E-state index in [-0.39, 0.29) is 0 Å². The Morgan fingerprint density at radius 2 is 1.90 bits per heavy atom. The molecule has 1 aromatic carbocycles. The SMILES string of the molecule is COc1c(C)cc(C)cc1-c1cc2ccccn2c1C=O. The number of fused-ring (bicyclic) bond motifs is 1. The minimum absolute atomic E-state index is 0.647. The monoisotopic (exact) mass is 279 g/mol. The first-order chi connectivity index (χ1) is 10.2. The summed E-state index contributed by atoms with van der Waals surface area (Å²) in [5.74, 6) is 0.819. The number of benzene rings is 1. The molecule has 0 aliphatic carbocycles. The fourth-order valence-electron chi connectivity index (χ4n) is 2.91. The Labute approximate surface area is 123 Å². The molecule has 0 spiro atoms. The van der Waals surface area contributed by atoms with Crippen LogP contribution in [0.4, 0.5) is 0 Å². The van der Waals surface area contributed by atoms with Crippen molar-refractivity contribution >= 4 is 11.8 Å². The number of aromatic nitrogens is 1. The molecule has 0 fully saturated rings. The van der Waals surface area contributed by atoms with Crippen molar-refractivity contribution in [3.05, 3.63) is 59.4 Å². The average molecular weight is 279 g/mol. The molecular formula is C18H17NO2. The van der Waals surface area contributed by atoms with Gasteiger partial charge in [-0.15, -0.1) is 0 Å². The molecule has 0 unspecified atom stereocenters. The molecule has 0 amide bonds. The van der Waals surface area contributed by atoms with Crippen molar-refractivity contribution in [1.82, 2.24) is 4.40 Å². The van der Waals surface area contributed by atoms with E-state index in [1.807, 2.05) is 48.7 Å². The van der Waals surface area contributed by atoms with Gasteiger partial charge in [-0.3, -0.25) is 4.79 Å². The van der Waals surface area contributed by atoms with Crippen LogP contribution in [0.1, 0.15) is 21.6 Å². The van der Waals surface area contributed by atoms with Crippen LogP contribution in [0.25, 0.3) is 16.6 Å². The molecule has 3 nitrogen and oxygen atoms in total. The fraction of sp³-hybridized carbons (Fsp3) is 0.167. The Bertz CT molecular complexity index is 831. The summed E-state index contributed by atoms with van der Waals surface area (Å²) in [5.41, 5.74) is 5.72. The molecule has 2 aromatic heterocycles. The largest absolute Gasteiger partial charge is 0.496 e. The van der Waals surface area contributed by atoms with Gasteiger partial charge in [-0.1, -0.05) is 12.1 Å². The molecule has 0 aliphatic heterocycles. The van der Waals surface area contributed by atoms with Gasteiger partial charge < -0.3 is 9.14 Å². The normalized spacial score (nSPS) is 10.8. The van der Waals surface area contributed by atoms with E-state index in [9.17, 15) is 4.79 Å². The number of rotatable bonds is 3. The minimum atomic E-state index is 0.647. The second-order valence-corrected chi connectivity index (χ2v) is 5.22. The smallest absolute Gasteiger partial charge is 0.167 e. The number of methoxy groups -OCH3 is 1. The Morgan fingerprint density at radius 3 is 2.62 bits per heavy atom. The zero-order valence-electron chi connectivity index (χ0n) is 12.4. The van der Waals surface area contributed by atoms with Crippen molar-refractivity contribution in [2.45, 2.75) is 13.8 Å². The number of aryl methyl sites for hydroxylation is 2. The lowest BCUT2D eigenvalue weighted by molar-refractivity contribution is 0.111. The van der Waals surface area contributed by atoms with Crippen molar-refractivity contribution < 1.29 is 9.53 Å². The molecule has 0 bridgehead atoms. The summed E-state index contributed by atoms with van der Waals surface area (Å²) in [5, 5.41) is 0. The van der Waals surface area contributed by atoms with Crippen molar-refractivity contribution in [2.75, 3.05) is 7.11 Å². The van der Waals surface area contributed by atoms with Crippen molar-refractivity contribution in [3.8, 4) is 16.9 Å². The van der Waals surface area contributed by atoms with Crippen LogP contribution in [-0.4, -0.2) is 17.8 Å². The number of carbonyl (C=O) groups excluding carboxylic acids is 1. The second-order valence-electron chi connectivity index (χ2n) is 5.22. The summed E-state index contributed by atoms with van der Waals surface area (Å²) < 4.78 is 7.46. The van der Waals surface area contributed by atoms with Gasteiger partial charge in [0.1, 0.15) is 5.75 Å². The highest BCUT2D eigenvalue weighted by molar-refractivity contribution is 5.92. The average Bonchev–Trinajstić information content (AvgIpc) is 2.84. The third-order valence-electron chi connectivity index (χ3n) is 3.74. The van der Waals surface area contributed by atoms with Gasteiger partial charge in [0, 0.05) is 22.8 Å². The van der Waals surface area contributed by atoms with E-state index >= 15 is 0 Å². The van der Waals surface area contributed by atoms with Crippen LogP contribution in [0.3, 0.4) is 0 Å². The van der Waals surface area contributed by atoms with E-state index in [2.05, 4.69) is 12.1 Å². The van der Waals surface area contributed by atoms with Crippen LogP contribution in [0, 0.1) is 13.8 Å². The van der Waals surface area contributed by atoms with Crippen LogP contribution in [0.2, 0.25) is 0 Å². The summed E-state index contributed by atoms with van der Waals surface area (Å²) >= 11 is 0. The van der Waals surface area contributed by atoms with Gasteiger partial charge in [0.2, 0.25) is 0 Å². The molecule has 21 heavy (non-hydrogen) atoms. The maximum absolute atomic E-state index is 11.6. The fourth-order valence-corrected chi connectivity index (χ4v) is 2.91. The summed E-state index contributed by atoms with van der Waals surface area (Å²) in [7, 11) is 1.66. The number of nitrogens with zero attached hydrogens (tertiary/aromatic N) is 1. The number of hydrogen-bond donors (Lipinski definition) is 0. The molecule has 3 heteroatoms. The molecule has 0 aliphatic rings. The first kappa shape index (κ1) is 13.4. The summed E-state index contributed by atoms with van der Waals surface area (Å²) in [6.45, 7) is 4.07. The first-order valence-corrected chi connectivity index (χ1v) is 6.86. The molecule has 2 heterocycles. The summed E-state index contributed by atoms with van der Waals surface area (Å²) in [6.07, 6.45) is 2.80. The van der Waals surface area contributed by atoms with Crippen LogP contribution < -0.4 is 4.74 Å². The van der Waals surface area contributed by atoms with Gasteiger partial charge >= 0.3 is 0 Å². The number of aldehydes is 1. The van der Waals surface area contributed by atoms with E-state index in [1.54, 1.807) is 7.11 Å². The molecule has 3 aromatic rings. The predicted octanol–water partition coefficient (Wildman–Crippen LogP) is 4.04. The standard InChI is InChI=1S/C18H17NO2/c1-12-8-13(2)18(21-3)16(9-12)15-10-14-6-4-5-7-19(14)17(15)11-20/h4-11H,1-3H3. The zero-order valence-corrected chi connectivity index (χ0v) is 12.4. The van der Waals surface area contributed by atoms with E-state index < -0.39 is 0 Å². The molecule has 0 N–H and O–H groups in total. The Kier molecular flexibility index (Phi) is 3.26. The molecule has 0 radical (unpaired) electrons. The molecule has 3 rings (SSSR count). The van der Waals surface area contributed by atoms with Gasteiger partial charge in [0.15, 0.2) is 6.29 Å². The molecule has 0 saturated heterocycles. The third kappa shape index (κ3) is 2.11. The summed E-state index contributed by atoms with van der Waals surface area (Å²) in [6, 6.07) is 12.0. The lowest BCUT2D eigenvalue weighted by atomic mass is 9.99. The molecule has 106 valence electrons. The van der Waals surface area contributed by atoms with Crippen LogP contribution in [-0.2, 0) is 0 Å². The highest BCUT2D eigenvalue weighted by Gasteiger charge is 2.16. The minimum Gasteiger partial charge on any atom is -0.496 e. The maximum Gasteiger partial charge on any atom is 0.167 e. The number of ether oxygens (including phenoxy) is 1. The maximum atomic E-state index is 11.6. The Balaban J connectivity index is 2.37. The van der Waals surface area contributed by atoms with Crippen molar-refractivity contribution in [2.24, 2.45) is 0 Å². The van der Waals surface area contributed by atoms with Gasteiger partial charge in [-0.05, 0) is 49.2 Å². The van der Waals surface area contributed by atoms with E-state index in [0.717, 1.165) is 39.8 Å². The van der Waals surface area contributed by atoms with Gasteiger partial charge in [0.25, 0.3) is 0 Å². The lowest BCUT2D eigenvalue weighted by Crippen LogP contribution is -1.96. The second kappa shape index (κ2) is 5.09. The first-order valence-electron chi connectivity index (χ1n) is 6.86. The van der Waals surface area contributed by atoms with Crippen LogP contribution in [0.15, 0.2) is 42.6 Å². The molecule has 0 atom stereocenters. The lowest BCUT2D eigenvalue weighted by Gasteiger charge is -2.12. The van der Waals surface area contributed by atoms with E-state index in [1.165, 1.54) is 0 Å². The Morgan fingerprint density at radius 1 is 1.10 bits per heavy atom. The third-order valence-corrected chi connectivity index (χ3v) is 3.74. The zero-order chi connectivity index (χ0) is 15.0. The highest BCUT2D eigenvalue weighted by atomic mass is 16.5. The van der Waals surface area contributed by atoms with E-state index in [4.69, 9.17) is 4.74 Å². The predicted molar refractivity (Wildman–Crippen MR) is 84.2 cm³/mol. The van der Waals surface area contributed by atoms with Crippen LogP contribution in [0.5, 0.6) is 5.75 Å². The van der Waals surface area contributed by atoms with Gasteiger partial charge in [-0.25, -0.2) is 0 Å². The highest BCUT2D eigenvalue weighted by Crippen LogP contribution is 2.37. The van der Waals surface area contributed by atoms with Crippen molar-refractivity contribution in [1.29, 1.82) is 0 Å². The number of carbonyl (C=O) groups is 1. The molecule has 0 saturated carbocycles. The van der Waals surface area contributed by atoms with E-state index in [0.29, 0.717) is 5.69 Å². The Hall–Kier alpha value is -2.55. The summed E-state index contributed by atoms with van der Waals surface area (Å²) in [4.78, 5) is 11.6. The number of hydrogen-bond acceptors (Lipinski definition) is 2. The topological polar surface area (TPSA) is 30.7 Å². The quantitative estimate of drug-likeness (QED) is 0.677. The number of pyridine rings is 1. The molecular weight excluding hydrogens is 262 g/mol.